The van der Waals surface area contributed by atoms with Crippen molar-refractivity contribution in [2.45, 2.75) is 6.54 Å². The lowest BCUT2D eigenvalue weighted by molar-refractivity contribution is -0.657. The Morgan fingerprint density at radius 2 is 1.73 bits per heavy atom. The molecule has 0 aliphatic rings. The van der Waals surface area contributed by atoms with Gasteiger partial charge in [0.2, 0.25) is 12.3 Å². The number of benzene rings is 2. The molecular formula is C17H13BrClNO2. The highest BCUT2D eigenvalue weighted by Gasteiger charge is 2.17. The predicted octanol–water partition coefficient (Wildman–Crippen LogP) is 0.373. The fourth-order valence-corrected chi connectivity index (χ4v) is 2.46. The van der Waals surface area contributed by atoms with Crippen LogP contribution in [0.15, 0.2) is 60.8 Å². The first kappa shape index (κ1) is 16.5. The summed E-state index contributed by atoms with van der Waals surface area (Å²) in [6.07, 6.45) is 1.79. The van der Waals surface area contributed by atoms with Crippen molar-refractivity contribution in [2.24, 2.45) is 0 Å². The molecule has 0 amide bonds. The number of hydrogen-bond donors (Lipinski definition) is 1. The summed E-state index contributed by atoms with van der Waals surface area (Å²) in [6.45, 7) is 0.163. The van der Waals surface area contributed by atoms with E-state index in [0.717, 1.165) is 5.39 Å². The third-order valence-corrected chi connectivity index (χ3v) is 3.61. The minimum atomic E-state index is -0.0348. The van der Waals surface area contributed by atoms with Crippen LogP contribution in [0.5, 0.6) is 5.75 Å². The standard InChI is InChI=1S/C17H12ClNO2.BrH/c18-14-8-6-12(7-9-14)16(21)11-19-10-2-4-13-3-1-5-15(20)17(13)19;/h1-10H,11H2;1H. The zero-order valence-electron chi connectivity index (χ0n) is 11.5. The molecule has 0 saturated heterocycles. The van der Waals surface area contributed by atoms with Gasteiger partial charge in [-0.1, -0.05) is 17.7 Å². The number of hydrogen-bond acceptors (Lipinski definition) is 2. The van der Waals surface area contributed by atoms with Crippen molar-refractivity contribution in [3.8, 4) is 5.75 Å². The van der Waals surface area contributed by atoms with Gasteiger partial charge in [0.15, 0.2) is 11.9 Å². The van der Waals surface area contributed by atoms with Crippen LogP contribution >= 0.6 is 11.6 Å². The maximum Gasteiger partial charge on any atom is 0.255 e. The van der Waals surface area contributed by atoms with Crippen molar-refractivity contribution in [3.05, 3.63) is 71.4 Å². The average Bonchev–Trinajstić information content (AvgIpc) is 2.48. The molecule has 0 fully saturated rings. The Balaban J connectivity index is 0.00000176. The Labute approximate surface area is 143 Å². The summed E-state index contributed by atoms with van der Waals surface area (Å²) in [6, 6.07) is 15.9. The van der Waals surface area contributed by atoms with E-state index in [1.165, 1.54) is 0 Å². The molecule has 0 aliphatic heterocycles. The zero-order chi connectivity index (χ0) is 14.8. The van der Waals surface area contributed by atoms with E-state index in [2.05, 4.69) is 0 Å². The minimum absolute atomic E-state index is 0. The molecule has 1 aromatic heterocycles. The van der Waals surface area contributed by atoms with E-state index < -0.39 is 0 Å². The number of ketones is 1. The molecule has 3 nitrogen and oxygen atoms in total. The lowest BCUT2D eigenvalue weighted by atomic mass is 10.1. The monoisotopic (exact) mass is 377 g/mol. The molecule has 2 aromatic carbocycles. The molecule has 0 radical (unpaired) electrons. The van der Waals surface area contributed by atoms with E-state index in [1.807, 2.05) is 18.2 Å². The average molecular weight is 379 g/mol. The molecule has 112 valence electrons. The molecule has 22 heavy (non-hydrogen) atoms. The van der Waals surface area contributed by atoms with Crippen LogP contribution in [0.2, 0.25) is 5.02 Å². The lowest BCUT2D eigenvalue weighted by Crippen LogP contribution is -3.00. The number of aromatic nitrogens is 1. The Morgan fingerprint density at radius 3 is 2.45 bits per heavy atom. The second kappa shape index (κ2) is 6.90. The number of carbonyl (C=O) groups excluding carboxylic acids is 1. The van der Waals surface area contributed by atoms with Gasteiger partial charge in [-0.25, -0.2) is 0 Å². The normalized spacial score (nSPS) is 10.2. The highest BCUT2D eigenvalue weighted by atomic mass is 79.9. The van der Waals surface area contributed by atoms with Crippen LogP contribution < -0.4 is 21.5 Å². The molecule has 5 heteroatoms. The molecule has 0 atom stereocenters. The number of nitrogens with zero attached hydrogens (tertiary/aromatic N) is 1. The maximum absolute atomic E-state index is 12.3. The number of para-hydroxylation sites is 1. The summed E-state index contributed by atoms with van der Waals surface area (Å²) in [7, 11) is 0. The predicted molar refractivity (Wildman–Crippen MR) is 81.6 cm³/mol. The number of pyridine rings is 1. The van der Waals surface area contributed by atoms with Gasteiger partial charge >= 0.3 is 0 Å². The molecule has 0 spiro atoms. The van der Waals surface area contributed by atoms with Crippen LogP contribution in [0.3, 0.4) is 0 Å². The minimum Gasteiger partial charge on any atom is -1.00 e. The van der Waals surface area contributed by atoms with Crippen molar-refractivity contribution < 1.29 is 31.4 Å². The molecule has 0 aliphatic carbocycles. The van der Waals surface area contributed by atoms with Crippen LogP contribution in [-0.2, 0) is 6.54 Å². The Morgan fingerprint density at radius 1 is 1.05 bits per heavy atom. The van der Waals surface area contributed by atoms with Crippen molar-refractivity contribution in [3.63, 3.8) is 0 Å². The van der Waals surface area contributed by atoms with Gasteiger partial charge in [-0.3, -0.25) is 4.79 Å². The highest BCUT2D eigenvalue weighted by molar-refractivity contribution is 6.30. The summed E-state index contributed by atoms with van der Waals surface area (Å²) >= 11 is 5.83. The van der Waals surface area contributed by atoms with Crippen molar-refractivity contribution in [1.82, 2.24) is 0 Å². The van der Waals surface area contributed by atoms with E-state index in [-0.39, 0.29) is 35.1 Å². The van der Waals surface area contributed by atoms with E-state index in [4.69, 9.17) is 11.6 Å². The summed E-state index contributed by atoms with van der Waals surface area (Å²) in [5.74, 6) is 0.129. The Bertz CT molecular complexity index is 813. The van der Waals surface area contributed by atoms with Gasteiger partial charge < -0.3 is 22.1 Å². The molecule has 3 rings (SSSR count). The lowest BCUT2D eigenvalue weighted by Gasteiger charge is -2.03. The van der Waals surface area contributed by atoms with Crippen LogP contribution in [-0.4, -0.2) is 10.9 Å². The zero-order valence-corrected chi connectivity index (χ0v) is 13.9. The number of carbonyl (C=O) groups is 1. The van der Waals surface area contributed by atoms with Gasteiger partial charge in [-0.05, 0) is 42.5 Å². The third kappa shape index (κ3) is 3.29. The Kier molecular flexibility index (Phi) is 5.16. The summed E-state index contributed by atoms with van der Waals surface area (Å²) in [4.78, 5) is 12.3. The van der Waals surface area contributed by atoms with Gasteiger partial charge in [-0.15, -0.1) is 0 Å². The molecule has 3 aromatic rings. The van der Waals surface area contributed by atoms with E-state index in [0.29, 0.717) is 16.1 Å². The first-order valence-corrected chi connectivity index (χ1v) is 6.92. The number of fused-ring (bicyclic) bond motifs is 1. The number of halogens is 2. The Hall–Kier alpha value is -1.91. The fraction of sp³-hybridized carbons (Fsp3) is 0.0588. The molecular weight excluding hydrogens is 366 g/mol. The molecule has 1 heterocycles. The van der Waals surface area contributed by atoms with Crippen LogP contribution in [0.1, 0.15) is 10.4 Å². The van der Waals surface area contributed by atoms with Crippen LogP contribution in [0.25, 0.3) is 10.9 Å². The molecule has 0 bridgehead atoms. The van der Waals surface area contributed by atoms with Crippen molar-refractivity contribution in [2.75, 3.05) is 0 Å². The van der Waals surface area contributed by atoms with E-state index in [1.54, 1.807) is 47.2 Å². The van der Waals surface area contributed by atoms with Crippen LogP contribution in [0.4, 0.5) is 0 Å². The van der Waals surface area contributed by atoms with Crippen molar-refractivity contribution in [1.29, 1.82) is 0 Å². The molecule has 0 saturated carbocycles. The van der Waals surface area contributed by atoms with Gasteiger partial charge in [0.25, 0.3) is 5.52 Å². The van der Waals surface area contributed by atoms with Gasteiger partial charge in [-0.2, -0.15) is 4.57 Å². The van der Waals surface area contributed by atoms with Crippen molar-refractivity contribution >= 4 is 28.3 Å². The largest absolute Gasteiger partial charge is 1.00 e. The SMILES string of the molecule is O=C(C[n+]1cccc2cccc(O)c21)c1ccc(Cl)cc1.[Br-]. The molecule has 1 N–H and O–H groups in total. The third-order valence-electron chi connectivity index (χ3n) is 3.36. The fourth-order valence-electron chi connectivity index (χ4n) is 2.33. The summed E-state index contributed by atoms with van der Waals surface area (Å²) in [5, 5.41) is 11.5. The highest BCUT2D eigenvalue weighted by Crippen LogP contribution is 2.20. The smallest absolute Gasteiger partial charge is 0.255 e. The summed E-state index contributed by atoms with van der Waals surface area (Å²) in [5.41, 5.74) is 1.25. The van der Waals surface area contributed by atoms with E-state index in [9.17, 15) is 9.90 Å². The summed E-state index contributed by atoms with van der Waals surface area (Å²) < 4.78 is 1.75. The number of aromatic hydroxyl groups is 1. The van der Waals surface area contributed by atoms with Gasteiger partial charge in [0.1, 0.15) is 0 Å². The number of phenolic OH excluding ortho intramolecular Hbond substituents is 1. The topological polar surface area (TPSA) is 41.2 Å². The van der Waals surface area contributed by atoms with Gasteiger partial charge in [0.05, 0.1) is 5.39 Å². The first-order chi connectivity index (χ1) is 10.1. The van der Waals surface area contributed by atoms with E-state index >= 15 is 0 Å². The molecule has 0 unspecified atom stereocenters. The number of Topliss-reactive ketones (excluding diaryl/α,β-unsaturated/α-hetero) is 1. The maximum atomic E-state index is 12.3. The second-order valence-corrected chi connectivity index (χ2v) is 5.22. The second-order valence-electron chi connectivity index (χ2n) is 4.78. The first-order valence-electron chi connectivity index (χ1n) is 6.54. The van der Waals surface area contributed by atoms with Gasteiger partial charge in [0, 0.05) is 16.7 Å². The number of phenols is 1. The van der Waals surface area contributed by atoms with Crippen LogP contribution in [0, 0.1) is 0 Å². The number of rotatable bonds is 3. The quantitative estimate of drug-likeness (QED) is 0.529.